The van der Waals surface area contributed by atoms with Gasteiger partial charge in [-0.15, -0.1) is 0 Å². The number of ether oxygens (including phenoxy) is 4. The van der Waals surface area contributed by atoms with E-state index in [4.69, 9.17) is 65.4 Å². The van der Waals surface area contributed by atoms with Gasteiger partial charge in [0.15, 0.2) is 29.3 Å². The van der Waals surface area contributed by atoms with Crippen molar-refractivity contribution < 1.29 is 58.9 Å². The van der Waals surface area contributed by atoms with Crippen LogP contribution in [0, 0.1) is 0 Å². The Labute approximate surface area is 358 Å². The normalized spacial score (nSPS) is 15.2. The van der Waals surface area contributed by atoms with E-state index in [2.05, 4.69) is 10.6 Å². The maximum atomic E-state index is 15.0. The number of alkyl halides is 6. The van der Waals surface area contributed by atoms with Crippen LogP contribution in [0.25, 0.3) is 0 Å². The lowest BCUT2D eigenvalue weighted by atomic mass is 9.86. The van der Waals surface area contributed by atoms with Crippen LogP contribution in [0.15, 0.2) is 58.3 Å². The number of halogens is 6. The predicted octanol–water partition coefficient (Wildman–Crippen LogP) is 6.40. The molecule has 0 saturated heterocycles. The molecular weight excluding hydrogens is 892 g/mol. The van der Waals surface area contributed by atoms with E-state index < -0.39 is 96.8 Å². The lowest BCUT2D eigenvalue weighted by molar-refractivity contribution is -0.121. The van der Waals surface area contributed by atoms with E-state index in [1.807, 2.05) is 13.8 Å². The first kappa shape index (κ1) is 51.6. The standard InChI is InChI=1S/C37H50Cl4F2N2O11S2/c1-5-7-17-53-21-29(31(27(19-42)44-35(46)33(38)39)23-9-13-25(14-10-23)57(3,49)50)55-37(48)56-30(22-54-18-8-6-2)32(28(20-43)45-36(47)34(40)41)24-11-15-26(16-12-24)58(4,51)52/h9-16,27-34H,5-8,17-22H2,1-4H3,(H,44,46)(H,45,47)/t27?,28?,29-,30-,31?,32?/m0/s1. The Bertz CT molecular complexity index is 1680. The van der Waals surface area contributed by atoms with Gasteiger partial charge in [0.25, 0.3) is 11.8 Å². The van der Waals surface area contributed by atoms with Crippen molar-refractivity contribution in [2.75, 3.05) is 52.3 Å². The maximum absolute atomic E-state index is 15.0. The van der Waals surface area contributed by atoms with Crippen LogP contribution in [0.4, 0.5) is 13.6 Å². The summed E-state index contributed by atoms with van der Waals surface area (Å²) in [4.78, 5) is 36.0. The van der Waals surface area contributed by atoms with E-state index >= 15 is 0 Å². The number of carbonyl (C=O) groups is 3. The minimum absolute atomic E-state index is 0.0702. The molecule has 0 aliphatic carbocycles. The minimum atomic E-state index is -3.67. The molecule has 2 amide bonds. The number of hydrogen-bond acceptors (Lipinski definition) is 11. The Morgan fingerprint density at radius 1 is 0.621 bits per heavy atom. The summed E-state index contributed by atoms with van der Waals surface area (Å²) in [6.07, 6.45) is 0.339. The van der Waals surface area contributed by atoms with Gasteiger partial charge in [-0.05, 0) is 48.2 Å². The summed E-state index contributed by atoms with van der Waals surface area (Å²) < 4.78 is 102. The number of nitrogens with one attached hydrogen (secondary N) is 2. The highest BCUT2D eigenvalue weighted by molar-refractivity contribution is 7.91. The fourth-order valence-electron chi connectivity index (χ4n) is 5.82. The first-order valence-electron chi connectivity index (χ1n) is 18.2. The van der Waals surface area contributed by atoms with Crippen molar-refractivity contribution in [3.05, 3.63) is 59.7 Å². The lowest BCUT2D eigenvalue weighted by Crippen LogP contribution is -2.50. The summed E-state index contributed by atoms with van der Waals surface area (Å²) in [6, 6.07) is 7.54. The maximum Gasteiger partial charge on any atom is 0.509 e. The fraction of sp³-hybridized carbons (Fsp3) is 0.595. The molecule has 0 fully saturated rings. The van der Waals surface area contributed by atoms with Crippen molar-refractivity contribution in [1.82, 2.24) is 10.6 Å². The zero-order valence-electron chi connectivity index (χ0n) is 32.4. The van der Waals surface area contributed by atoms with Crippen LogP contribution >= 0.6 is 46.4 Å². The summed E-state index contributed by atoms with van der Waals surface area (Å²) >= 11 is 23.1. The Kier molecular flexibility index (Phi) is 22.5. The summed E-state index contributed by atoms with van der Waals surface area (Å²) in [5.74, 6) is -4.49. The Balaban J connectivity index is 2.74. The van der Waals surface area contributed by atoms with E-state index in [9.17, 15) is 40.0 Å². The van der Waals surface area contributed by atoms with Crippen molar-refractivity contribution in [1.29, 1.82) is 0 Å². The van der Waals surface area contributed by atoms with Gasteiger partial charge in [0.1, 0.15) is 25.6 Å². The molecule has 58 heavy (non-hydrogen) atoms. The van der Waals surface area contributed by atoms with Crippen molar-refractivity contribution in [2.24, 2.45) is 0 Å². The highest BCUT2D eigenvalue weighted by atomic mass is 35.5. The van der Waals surface area contributed by atoms with Gasteiger partial charge in [-0.2, -0.15) is 0 Å². The molecule has 0 heterocycles. The van der Waals surface area contributed by atoms with Crippen LogP contribution in [0.3, 0.4) is 0 Å². The third-order valence-corrected chi connectivity index (χ3v) is 11.8. The molecule has 0 saturated carbocycles. The summed E-state index contributed by atoms with van der Waals surface area (Å²) in [7, 11) is -7.33. The molecule has 2 N–H and O–H groups in total. The molecule has 0 bridgehead atoms. The second-order valence-corrected chi connectivity index (χ2v) is 19.5. The second-order valence-electron chi connectivity index (χ2n) is 13.3. The molecule has 0 aromatic heterocycles. The average molecular weight is 943 g/mol. The molecule has 2 aromatic carbocycles. The zero-order chi connectivity index (χ0) is 43.6. The lowest BCUT2D eigenvalue weighted by Gasteiger charge is -2.35. The first-order chi connectivity index (χ1) is 27.3. The molecule has 6 atom stereocenters. The third-order valence-electron chi connectivity index (χ3n) is 8.78. The van der Waals surface area contributed by atoms with Crippen LogP contribution in [0.5, 0.6) is 0 Å². The molecule has 4 unspecified atom stereocenters. The number of hydrogen-bond donors (Lipinski definition) is 2. The topological polar surface area (TPSA) is 180 Å². The second kappa shape index (κ2) is 25.3. The molecule has 0 aliphatic rings. The average Bonchev–Trinajstić information content (AvgIpc) is 3.16. The monoisotopic (exact) mass is 940 g/mol. The first-order valence-corrected chi connectivity index (χ1v) is 23.7. The summed E-state index contributed by atoms with van der Waals surface area (Å²) in [5, 5.41) is 4.80. The highest BCUT2D eigenvalue weighted by Gasteiger charge is 2.40. The molecular formula is C37H50Cl4F2N2O11S2. The molecule has 2 rings (SSSR count). The number of unbranched alkanes of at least 4 members (excludes halogenated alkanes) is 2. The number of amides is 2. The van der Waals surface area contributed by atoms with Crippen LogP contribution in [0.2, 0.25) is 0 Å². The molecule has 2 aromatic rings. The van der Waals surface area contributed by atoms with Gasteiger partial charge >= 0.3 is 6.16 Å². The quantitative estimate of drug-likeness (QED) is 0.0606. The van der Waals surface area contributed by atoms with Gasteiger partial charge in [-0.25, -0.2) is 30.4 Å². The zero-order valence-corrected chi connectivity index (χ0v) is 37.0. The van der Waals surface area contributed by atoms with Crippen LogP contribution in [-0.4, -0.2) is 121 Å². The molecule has 328 valence electrons. The van der Waals surface area contributed by atoms with Gasteiger partial charge in [-0.3, -0.25) is 9.59 Å². The Morgan fingerprint density at radius 2 is 0.948 bits per heavy atom. The summed E-state index contributed by atoms with van der Waals surface area (Å²) in [5.41, 5.74) is 0.432. The number of carbonyl (C=O) groups excluding carboxylic acids is 3. The van der Waals surface area contributed by atoms with Crippen LogP contribution < -0.4 is 10.6 Å². The predicted molar refractivity (Wildman–Crippen MR) is 218 cm³/mol. The fourth-order valence-corrected chi connectivity index (χ4v) is 7.33. The Morgan fingerprint density at radius 3 is 1.21 bits per heavy atom. The smallest absolute Gasteiger partial charge is 0.428 e. The van der Waals surface area contributed by atoms with Crippen molar-refractivity contribution >= 4 is 84.0 Å². The largest absolute Gasteiger partial charge is 0.509 e. The van der Waals surface area contributed by atoms with Gasteiger partial charge in [0, 0.05) is 37.6 Å². The summed E-state index contributed by atoms with van der Waals surface area (Å²) in [6.45, 7) is 0.940. The Hall–Kier alpha value is -2.51. The van der Waals surface area contributed by atoms with Crippen LogP contribution in [0.1, 0.15) is 62.5 Å². The SMILES string of the molecule is CCCCOC[C@H](OC(=O)O[C@@H](COCCCC)C(c1ccc(S(C)(=O)=O)cc1)C(CF)NC(=O)C(Cl)Cl)C(c1ccc(S(C)(=O)=O)cc1)C(CF)NC(=O)C(Cl)Cl. The molecule has 13 nitrogen and oxygen atoms in total. The number of benzene rings is 2. The highest BCUT2D eigenvalue weighted by Crippen LogP contribution is 2.32. The van der Waals surface area contributed by atoms with Crippen LogP contribution in [-0.2, 0) is 48.2 Å². The minimum Gasteiger partial charge on any atom is -0.428 e. The van der Waals surface area contributed by atoms with E-state index in [-0.39, 0.29) is 47.3 Å². The third kappa shape index (κ3) is 16.9. The van der Waals surface area contributed by atoms with Gasteiger partial charge < -0.3 is 29.6 Å². The molecule has 0 spiro atoms. The molecule has 0 aliphatic heterocycles. The van der Waals surface area contributed by atoms with E-state index in [1.165, 1.54) is 48.5 Å². The molecule has 0 radical (unpaired) electrons. The van der Waals surface area contributed by atoms with E-state index in [1.54, 1.807) is 0 Å². The van der Waals surface area contributed by atoms with E-state index in [0.717, 1.165) is 25.4 Å². The van der Waals surface area contributed by atoms with Gasteiger partial charge in [0.2, 0.25) is 0 Å². The van der Waals surface area contributed by atoms with Gasteiger partial charge in [-0.1, -0.05) is 97.4 Å². The van der Waals surface area contributed by atoms with Crippen molar-refractivity contribution in [2.45, 2.75) is 95.1 Å². The van der Waals surface area contributed by atoms with Crippen molar-refractivity contribution in [3.8, 4) is 0 Å². The van der Waals surface area contributed by atoms with Crippen molar-refractivity contribution in [3.63, 3.8) is 0 Å². The molecule has 21 heteroatoms. The van der Waals surface area contributed by atoms with Gasteiger partial charge in [0.05, 0.1) is 35.1 Å². The number of rotatable bonds is 26. The van der Waals surface area contributed by atoms with E-state index in [0.29, 0.717) is 12.8 Å². The number of sulfone groups is 2.